The number of ether oxygens (including phenoxy) is 1. The van der Waals surface area contributed by atoms with Gasteiger partial charge in [0.25, 0.3) is 0 Å². The van der Waals surface area contributed by atoms with E-state index in [1.54, 1.807) is 0 Å². The number of aryl methyl sites for hydroxylation is 1. The van der Waals surface area contributed by atoms with Gasteiger partial charge >= 0.3 is 0 Å². The molecule has 7 heteroatoms. The maximum Gasteiger partial charge on any atom is 0.191 e. The van der Waals surface area contributed by atoms with Gasteiger partial charge in [0.05, 0.1) is 12.1 Å². The van der Waals surface area contributed by atoms with Crippen molar-refractivity contribution in [3.05, 3.63) is 18.5 Å². The Morgan fingerprint density at radius 3 is 2.69 bits per heavy atom. The van der Waals surface area contributed by atoms with E-state index >= 15 is 0 Å². The third-order valence-corrected chi connectivity index (χ3v) is 4.66. The molecule has 1 fully saturated rings. The van der Waals surface area contributed by atoms with Gasteiger partial charge < -0.3 is 15.4 Å². The predicted octanol–water partition coefficient (Wildman–Crippen LogP) is 3.58. The Labute approximate surface area is 175 Å². The second-order valence-electron chi connectivity index (χ2n) is 6.84. The summed E-state index contributed by atoms with van der Waals surface area (Å²) in [5.74, 6) is 0.896. The summed E-state index contributed by atoms with van der Waals surface area (Å²) >= 11 is 0. The molecular formula is C19H36IN5O. The molecule has 1 aromatic rings. The van der Waals surface area contributed by atoms with Crippen molar-refractivity contribution < 1.29 is 4.74 Å². The van der Waals surface area contributed by atoms with Gasteiger partial charge in [0.1, 0.15) is 0 Å². The number of rotatable bonds is 10. The third kappa shape index (κ3) is 8.24. The topological polar surface area (TPSA) is 63.5 Å². The van der Waals surface area contributed by atoms with Crippen LogP contribution in [0.1, 0.15) is 58.8 Å². The normalized spacial score (nSPS) is 16.8. The van der Waals surface area contributed by atoms with Gasteiger partial charge in [0.2, 0.25) is 0 Å². The Balaban J connectivity index is 0.00000338. The zero-order chi connectivity index (χ0) is 17.8. The Morgan fingerprint density at radius 2 is 2.04 bits per heavy atom. The molecule has 1 saturated carbocycles. The van der Waals surface area contributed by atoms with Gasteiger partial charge in [-0.15, -0.1) is 24.0 Å². The lowest BCUT2D eigenvalue weighted by atomic mass is 9.84. The monoisotopic (exact) mass is 477 g/mol. The molecule has 1 aromatic heterocycles. The van der Waals surface area contributed by atoms with Crippen molar-refractivity contribution in [1.29, 1.82) is 0 Å². The first kappa shape index (κ1) is 23.2. The second kappa shape index (κ2) is 13.4. The number of aromatic nitrogens is 2. The summed E-state index contributed by atoms with van der Waals surface area (Å²) in [5, 5.41) is 11.0. The molecule has 0 spiro atoms. The molecule has 6 nitrogen and oxygen atoms in total. The van der Waals surface area contributed by atoms with Gasteiger partial charge in [-0.2, -0.15) is 5.10 Å². The first-order valence-corrected chi connectivity index (χ1v) is 9.91. The maximum absolute atomic E-state index is 6.25. The van der Waals surface area contributed by atoms with Crippen molar-refractivity contribution in [2.24, 2.45) is 4.99 Å². The van der Waals surface area contributed by atoms with Crippen LogP contribution in [0.25, 0.3) is 0 Å². The highest BCUT2D eigenvalue weighted by molar-refractivity contribution is 14.0. The molecule has 0 aliphatic heterocycles. The van der Waals surface area contributed by atoms with Crippen LogP contribution in [0.5, 0.6) is 0 Å². The summed E-state index contributed by atoms with van der Waals surface area (Å²) in [6.45, 7) is 8.53. The summed E-state index contributed by atoms with van der Waals surface area (Å²) in [4.78, 5) is 4.84. The summed E-state index contributed by atoms with van der Waals surface area (Å²) in [6, 6.07) is 1.96. The fourth-order valence-corrected chi connectivity index (χ4v) is 3.31. The van der Waals surface area contributed by atoms with Crippen molar-refractivity contribution >= 4 is 29.9 Å². The number of guanidine groups is 1. The first-order chi connectivity index (χ1) is 12.3. The van der Waals surface area contributed by atoms with Crippen LogP contribution in [0.3, 0.4) is 0 Å². The van der Waals surface area contributed by atoms with Gasteiger partial charge in [-0.05, 0) is 38.7 Å². The largest absolute Gasteiger partial charge is 0.373 e. The highest BCUT2D eigenvalue weighted by Crippen LogP contribution is 2.32. The number of nitrogens with one attached hydrogen (secondary N) is 2. The number of hydrogen-bond acceptors (Lipinski definition) is 3. The summed E-state index contributed by atoms with van der Waals surface area (Å²) < 4.78 is 8.21. The minimum atomic E-state index is -0.0499. The molecular weight excluding hydrogens is 441 g/mol. The van der Waals surface area contributed by atoms with E-state index in [1.165, 1.54) is 19.3 Å². The van der Waals surface area contributed by atoms with Crippen molar-refractivity contribution in [2.45, 2.75) is 70.9 Å². The minimum absolute atomic E-state index is 0. The van der Waals surface area contributed by atoms with Crippen molar-refractivity contribution in [3.8, 4) is 0 Å². The van der Waals surface area contributed by atoms with E-state index in [9.17, 15) is 0 Å². The first-order valence-electron chi connectivity index (χ1n) is 9.91. The molecule has 2 N–H and O–H groups in total. The third-order valence-electron chi connectivity index (χ3n) is 4.66. The molecule has 150 valence electrons. The van der Waals surface area contributed by atoms with Gasteiger partial charge in [-0.25, -0.2) is 0 Å². The molecule has 0 aromatic carbocycles. The zero-order valence-corrected chi connectivity index (χ0v) is 18.7. The molecule has 2 rings (SSSR count). The van der Waals surface area contributed by atoms with Gasteiger partial charge in [-0.1, -0.05) is 26.2 Å². The van der Waals surface area contributed by atoms with Crippen LogP contribution in [-0.4, -0.2) is 47.6 Å². The Morgan fingerprint density at radius 1 is 1.23 bits per heavy atom. The van der Waals surface area contributed by atoms with E-state index in [0.29, 0.717) is 0 Å². The summed E-state index contributed by atoms with van der Waals surface area (Å²) in [7, 11) is 0. The quantitative estimate of drug-likeness (QED) is 0.234. The van der Waals surface area contributed by atoms with Crippen LogP contribution in [0.4, 0.5) is 0 Å². The molecule has 26 heavy (non-hydrogen) atoms. The number of aliphatic imine (C=N–C) groups is 1. The van der Waals surface area contributed by atoms with Crippen LogP contribution < -0.4 is 10.6 Å². The molecule has 1 heterocycles. The van der Waals surface area contributed by atoms with Crippen LogP contribution in [-0.2, 0) is 11.3 Å². The van der Waals surface area contributed by atoms with E-state index < -0.39 is 0 Å². The van der Waals surface area contributed by atoms with E-state index in [-0.39, 0.29) is 29.6 Å². The number of nitrogens with zero attached hydrogens (tertiary/aromatic N) is 3. The summed E-state index contributed by atoms with van der Waals surface area (Å²) in [6.07, 6.45) is 12.0. The minimum Gasteiger partial charge on any atom is -0.373 e. The van der Waals surface area contributed by atoms with Gasteiger partial charge in [0, 0.05) is 38.6 Å². The molecule has 0 atom stereocenters. The molecule has 1 aliphatic rings. The summed E-state index contributed by atoms with van der Waals surface area (Å²) in [5.41, 5.74) is -0.0499. The SMILES string of the molecule is CCCOC1(CN=C(NCC)NCCCn2cccn2)CCCCC1.I. The average molecular weight is 477 g/mol. The predicted molar refractivity (Wildman–Crippen MR) is 118 cm³/mol. The molecule has 0 unspecified atom stereocenters. The second-order valence-corrected chi connectivity index (χ2v) is 6.84. The Bertz CT molecular complexity index is 486. The Kier molecular flexibility index (Phi) is 11.9. The van der Waals surface area contributed by atoms with Crippen molar-refractivity contribution in [2.75, 3.05) is 26.2 Å². The van der Waals surface area contributed by atoms with E-state index in [1.807, 2.05) is 23.1 Å². The Hall–Kier alpha value is -0.830. The van der Waals surface area contributed by atoms with Gasteiger partial charge in [-0.3, -0.25) is 9.67 Å². The van der Waals surface area contributed by atoms with E-state index in [2.05, 4.69) is 29.6 Å². The van der Waals surface area contributed by atoms with Crippen LogP contribution in [0.2, 0.25) is 0 Å². The zero-order valence-electron chi connectivity index (χ0n) is 16.4. The smallest absolute Gasteiger partial charge is 0.191 e. The highest BCUT2D eigenvalue weighted by atomic mass is 127. The molecule has 1 aliphatic carbocycles. The molecule has 0 saturated heterocycles. The molecule has 0 radical (unpaired) electrons. The van der Waals surface area contributed by atoms with Crippen molar-refractivity contribution in [3.63, 3.8) is 0 Å². The highest BCUT2D eigenvalue weighted by Gasteiger charge is 2.32. The van der Waals surface area contributed by atoms with Crippen molar-refractivity contribution in [1.82, 2.24) is 20.4 Å². The lowest BCUT2D eigenvalue weighted by molar-refractivity contribution is -0.0624. The maximum atomic E-state index is 6.25. The van der Waals surface area contributed by atoms with Crippen LogP contribution in [0, 0.1) is 0 Å². The fraction of sp³-hybridized carbons (Fsp3) is 0.789. The van der Waals surface area contributed by atoms with Crippen LogP contribution >= 0.6 is 24.0 Å². The van der Waals surface area contributed by atoms with E-state index in [0.717, 1.165) is 64.4 Å². The van der Waals surface area contributed by atoms with E-state index in [4.69, 9.17) is 9.73 Å². The van der Waals surface area contributed by atoms with Crippen LogP contribution in [0.15, 0.2) is 23.5 Å². The van der Waals surface area contributed by atoms with Gasteiger partial charge in [0.15, 0.2) is 5.96 Å². The lowest BCUT2D eigenvalue weighted by Crippen LogP contribution is -2.42. The number of halogens is 1. The molecule has 0 bridgehead atoms. The standard InChI is InChI=1S/C19H35N5O.HI/c1-3-16-25-19(10-6-5-7-11-19)17-22-18(20-4-2)21-12-8-14-24-15-9-13-23-24;/h9,13,15H,3-8,10-12,14,16-17H2,1-2H3,(H2,20,21,22);1H. The number of hydrogen-bond donors (Lipinski definition) is 2. The molecule has 0 amide bonds. The lowest BCUT2D eigenvalue weighted by Gasteiger charge is -2.36. The fourth-order valence-electron chi connectivity index (χ4n) is 3.31. The average Bonchev–Trinajstić information content (AvgIpc) is 3.16.